The normalized spacial score (nSPS) is 11.1. The van der Waals surface area contributed by atoms with Crippen molar-refractivity contribution in [1.82, 2.24) is 0 Å². The molecule has 8 nitrogen and oxygen atoms in total. The maximum atomic E-state index is 14.1. The number of carboxylic acid groups (broad SMARTS) is 2. The number of hydrogen-bond acceptors (Lipinski definition) is 5. The molecule has 2 aromatic carbocycles. The van der Waals surface area contributed by atoms with Gasteiger partial charge in [0.05, 0.1) is 22.1 Å². The van der Waals surface area contributed by atoms with Gasteiger partial charge in [-0.15, -0.1) is 0 Å². The van der Waals surface area contributed by atoms with Crippen molar-refractivity contribution in [3.8, 4) is 5.75 Å². The SMILES string of the molecule is O=C(O)CCCOc1ccc(S(=O)(=O)Nc2ccc(Cl)c(C(=O)O)c2)cc1F. The summed E-state index contributed by atoms with van der Waals surface area (Å²) in [6, 6.07) is 6.47. The Morgan fingerprint density at radius 3 is 2.46 bits per heavy atom. The van der Waals surface area contributed by atoms with Gasteiger partial charge in [-0.25, -0.2) is 17.6 Å². The number of hydrogen-bond donors (Lipinski definition) is 3. The van der Waals surface area contributed by atoms with Crippen molar-refractivity contribution in [3.05, 3.63) is 52.8 Å². The van der Waals surface area contributed by atoms with E-state index in [4.69, 9.17) is 26.6 Å². The molecule has 2 aromatic rings. The van der Waals surface area contributed by atoms with Crippen molar-refractivity contribution in [1.29, 1.82) is 0 Å². The van der Waals surface area contributed by atoms with Crippen LogP contribution in [0.4, 0.5) is 10.1 Å². The van der Waals surface area contributed by atoms with Gasteiger partial charge in [0.1, 0.15) is 0 Å². The Labute approximate surface area is 164 Å². The average Bonchev–Trinajstić information content (AvgIpc) is 2.60. The maximum absolute atomic E-state index is 14.1. The highest BCUT2D eigenvalue weighted by Crippen LogP contribution is 2.25. The molecule has 3 N–H and O–H groups in total. The molecule has 0 saturated carbocycles. The summed E-state index contributed by atoms with van der Waals surface area (Å²) < 4.78 is 46.1. The average molecular weight is 432 g/mol. The fourth-order valence-corrected chi connectivity index (χ4v) is 3.40. The molecule has 11 heteroatoms. The van der Waals surface area contributed by atoms with Crippen LogP contribution in [0.5, 0.6) is 5.75 Å². The topological polar surface area (TPSA) is 130 Å². The molecule has 0 radical (unpaired) electrons. The number of anilines is 1. The van der Waals surface area contributed by atoms with E-state index >= 15 is 0 Å². The second-order valence-electron chi connectivity index (χ2n) is 5.54. The minimum atomic E-state index is -4.20. The lowest BCUT2D eigenvalue weighted by atomic mass is 10.2. The van der Waals surface area contributed by atoms with Crippen LogP contribution < -0.4 is 9.46 Å². The predicted molar refractivity (Wildman–Crippen MR) is 98.0 cm³/mol. The van der Waals surface area contributed by atoms with Gasteiger partial charge in [0.15, 0.2) is 11.6 Å². The molecule has 0 heterocycles. The summed E-state index contributed by atoms with van der Waals surface area (Å²) in [5.74, 6) is -3.50. The van der Waals surface area contributed by atoms with E-state index in [1.165, 1.54) is 12.1 Å². The molecule has 28 heavy (non-hydrogen) atoms. The molecule has 150 valence electrons. The van der Waals surface area contributed by atoms with Crippen molar-refractivity contribution >= 4 is 39.3 Å². The molecule has 0 fully saturated rings. The molecule has 0 aliphatic rings. The number of sulfonamides is 1. The Hall–Kier alpha value is -2.85. The quantitative estimate of drug-likeness (QED) is 0.519. The van der Waals surface area contributed by atoms with E-state index in [1.54, 1.807) is 0 Å². The number of rotatable bonds is 9. The first kappa shape index (κ1) is 21.5. The number of nitrogens with one attached hydrogen (secondary N) is 1. The van der Waals surface area contributed by atoms with Crippen LogP contribution in [-0.4, -0.2) is 37.2 Å². The monoisotopic (exact) mass is 431 g/mol. The summed E-state index contributed by atoms with van der Waals surface area (Å²) in [6.45, 7) is -0.0453. The third kappa shape index (κ3) is 5.57. The second-order valence-corrected chi connectivity index (χ2v) is 7.63. The third-order valence-electron chi connectivity index (χ3n) is 3.46. The molecule has 0 amide bonds. The van der Waals surface area contributed by atoms with Gasteiger partial charge >= 0.3 is 11.9 Å². The summed E-state index contributed by atoms with van der Waals surface area (Å²) in [5, 5.41) is 17.5. The van der Waals surface area contributed by atoms with Crippen molar-refractivity contribution < 1.29 is 37.3 Å². The largest absolute Gasteiger partial charge is 0.491 e. The fourth-order valence-electron chi connectivity index (χ4n) is 2.14. The lowest BCUT2D eigenvalue weighted by molar-refractivity contribution is -0.137. The first-order valence-corrected chi connectivity index (χ1v) is 9.66. The molecule has 0 aliphatic heterocycles. The van der Waals surface area contributed by atoms with E-state index in [9.17, 15) is 22.4 Å². The Morgan fingerprint density at radius 1 is 1.14 bits per heavy atom. The van der Waals surface area contributed by atoms with Gasteiger partial charge in [-0.3, -0.25) is 9.52 Å². The van der Waals surface area contributed by atoms with Gasteiger partial charge < -0.3 is 14.9 Å². The number of ether oxygens (including phenoxy) is 1. The lowest BCUT2D eigenvalue weighted by Crippen LogP contribution is -2.14. The first-order chi connectivity index (χ1) is 13.1. The van der Waals surface area contributed by atoms with Gasteiger partial charge in [-0.05, 0) is 42.8 Å². The van der Waals surface area contributed by atoms with Gasteiger partial charge in [0.25, 0.3) is 10.0 Å². The summed E-state index contributed by atoms with van der Waals surface area (Å²) in [5.41, 5.74) is -0.352. The smallest absolute Gasteiger partial charge is 0.337 e. The summed E-state index contributed by atoms with van der Waals surface area (Å²) in [7, 11) is -4.20. The lowest BCUT2D eigenvalue weighted by Gasteiger charge is -2.11. The standard InChI is InChI=1S/C17H15ClFNO7S/c18-13-5-3-10(8-12(13)17(23)24)20-28(25,26)11-4-6-15(14(19)9-11)27-7-1-2-16(21)22/h3-6,8-9,20H,1-2,7H2,(H,21,22)(H,23,24). The number of aromatic carboxylic acids is 1. The maximum Gasteiger partial charge on any atom is 0.337 e. The molecule has 0 aromatic heterocycles. The Morgan fingerprint density at radius 2 is 1.86 bits per heavy atom. The number of halogens is 2. The van der Waals surface area contributed by atoms with E-state index < -0.39 is 32.7 Å². The zero-order chi connectivity index (χ0) is 20.9. The Balaban J connectivity index is 2.15. The van der Waals surface area contributed by atoms with Crippen molar-refractivity contribution in [2.45, 2.75) is 17.7 Å². The fraction of sp³-hybridized carbons (Fsp3) is 0.176. The molecular weight excluding hydrogens is 417 g/mol. The van der Waals surface area contributed by atoms with Crippen LogP contribution in [0.1, 0.15) is 23.2 Å². The van der Waals surface area contributed by atoms with E-state index in [0.29, 0.717) is 0 Å². The van der Waals surface area contributed by atoms with Crippen LogP contribution >= 0.6 is 11.6 Å². The number of carbonyl (C=O) groups is 2. The van der Waals surface area contributed by atoms with Crippen LogP contribution in [0.2, 0.25) is 5.02 Å². The predicted octanol–water partition coefficient (Wildman–Crippen LogP) is 3.22. The number of benzene rings is 2. The third-order valence-corrected chi connectivity index (χ3v) is 5.16. The van der Waals surface area contributed by atoms with Gasteiger partial charge in [0.2, 0.25) is 0 Å². The van der Waals surface area contributed by atoms with E-state index in [1.807, 2.05) is 0 Å². The second kappa shape index (κ2) is 8.89. The summed E-state index contributed by atoms with van der Waals surface area (Å²) in [6.07, 6.45) is 0.0241. The van der Waals surface area contributed by atoms with Crippen LogP contribution in [0, 0.1) is 5.82 Å². The van der Waals surface area contributed by atoms with Crippen LogP contribution in [0.3, 0.4) is 0 Å². The van der Waals surface area contributed by atoms with Crippen molar-refractivity contribution in [3.63, 3.8) is 0 Å². The van der Waals surface area contributed by atoms with Crippen molar-refractivity contribution in [2.24, 2.45) is 0 Å². The van der Waals surface area contributed by atoms with Crippen LogP contribution in [0.15, 0.2) is 41.3 Å². The molecule has 0 saturated heterocycles. The van der Waals surface area contributed by atoms with E-state index in [2.05, 4.69) is 4.72 Å². The van der Waals surface area contributed by atoms with Crippen molar-refractivity contribution in [2.75, 3.05) is 11.3 Å². The zero-order valence-corrected chi connectivity index (χ0v) is 15.8. The van der Waals surface area contributed by atoms with Crippen LogP contribution in [-0.2, 0) is 14.8 Å². The van der Waals surface area contributed by atoms with Gasteiger partial charge in [-0.1, -0.05) is 11.6 Å². The summed E-state index contributed by atoms with van der Waals surface area (Å²) >= 11 is 5.73. The van der Waals surface area contributed by atoms with E-state index in [-0.39, 0.29) is 41.5 Å². The number of aliphatic carboxylic acids is 1. The highest BCUT2D eigenvalue weighted by Gasteiger charge is 2.19. The Bertz CT molecular complexity index is 1010. The van der Waals surface area contributed by atoms with Gasteiger partial charge in [-0.2, -0.15) is 0 Å². The molecule has 2 rings (SSSR count). The minimum Gasteiger partial charge on any atom is -0.491 e. The molecule has 0 unspecified atom stereocenters. The van der Waals surface area contributed by atoms with E-state index in [0.717, 1.165) is 24.3 Å². The molecule has 0 aliphatic carbocycles. The molecule has 0 atom stereocenters. The highest BCUT2D eigenvalue weighted by atomic mass is 35.5. The molecule has 0 bridgehead atoms. The Kier molecular flexibility index (Phi) is 6.81. The molecular formula is C17H15ClFNO7S. The highest BCUT2D eigenvalue weighted by molar-refractivity contribution is 7.92. The zero-order valence-electron chi connectivity index (χ0n) is 14.2. The minimum absolute atomic E-state index is 0.0453. The molecule has 0 spiro atoms. The van der Waals surface area contributed by atoms with Crippen LogP contribution in [0.25, 0.3) is 0 Å². The summed E-state index contributed by atoms with van der Waals surface area (Å²) in [4.78, 5) is 21.1. The number of carboxylic acids is 2. The van der Waals surface area contributed by atoms with Gasteiger partial charge in [0, 0.05) is 12.1 Å². The first-order valence-electron chi connectivity index (χ1n) is 7.80.